The first kappa shape index (κ1) is 15.5. The molecule has 0 unspecified atom stereocenters. The van der Waals surface area contributed by atoms with Crippen LogP contribution in [0.1, 0.15) is 44.7 Å². The Kier molecular flexibility index (Phi) is 5.22. The van der Waals surface area contributed by atoms with Gasteiger partial charge in [-0.2, -0.15) is 0 Å². The summed E-state index contributed by atoms with van der Waals surface area (Å²) in [4.78, 5) is 2.60. The Labute approximate surface area is 124 Å². The molecule has 20 heavy (non-hydrogen) atoms. The number of hydrogen-bond donors (Lipinski definition) is 1. The zero-order chi connectivity index (χ0) is 14.6. The quantitative estimate of drug-likeness (QED) is 0.893. The van der Waals surface area contributed by atoms with Gasteiger partial charge in [0.1, 0.15) is 0 Å². The van der Waals surface area contributed by atoms with Crippen molar-refractivity contribution in [2.75, 3.05) is 26.2 Å². The Morgan fingerprint density at radius 3 is 2.20 bits per heavy atom. The van der Waals surface area contributed by atoms with E-state index in [4.69, 9.17) is 5.73 Å². The van der Waals surface area contributed by atoms with Crippen LogP contribution in [0.2, 0.25) is 0 Å². The summed E-state index contributed by atoms with van der Waals surface area (Å²) in [5.41, 5.74) is 9.24. The average Bonchev–Trinajstić information content (AvgIpc) is 2.48. The molecule has 1 heterocycles. The summed E-state index contributed by atoms with van der Waals surface area (Å²) in [6.07, 6.45) is 3.50. The third kappa shape index (κ3) is 3.42. The minimum Gasteiger partial charge on any atom is -0.330 e. The van der Waals surface area contributed by atoms with Crippen LogP contribution >= 0.6 is 0 Å². The molecule has 0 atom stereocenters. The molecule has 1 saturated heterocycles. The van der Waals surface area contributed by atoms with Crippen LogP contribution in [0.5, 0.6) is 0 Å². The van der Waals surface area contributed by atoms with Crippen LogP contribution in [0.15, 0.2) is 24.3 Å². The summed E-state index contributed by atoms with van der Waals surface area (Å²) in [5, 5.41) is 0. The predicted molar refractivity (Wildman–Crippen MR) is 87.1 cm³/mol. The summed E-state index contributed by atoms with van der Waals surface area (Å²) in [6, 6.07) is 9.16. The molecule has 2 heteroatoms. The molecule has 2 nitrogen and oxygen atoms in total. The predicted octanol–water partition coefficient (Wildman–Crippen LogP) is 3.20. The van der Waals surface area contributed by atoms with Gasteiger partial charge < -0.3 is 10.6 Å². The lowest BCUT2D eigenvalue weighted by Crippen LogP contribution is -2.47. The zero-order valence-corrected chi connectivity index (χ0v) is 13.4. The largest absolute Gasteiger partial charge is 0.330 e. The maximum absolute atomic E-state index is 6.17. The van der Waals surface area contributed by atoms with Gasteiger partial charge in [-0.25, -0.2) is 0 Å². The maximum atomic E-state index is 6.17. The molecule has 1 aliphatic heterocycles. The number of aryl methyl sites for hydroxylation is 1. The van der Waals surface area contributed by atoms with Crippen LogP contribution < -0.4 is 5.73 Å². The molecule has 2 rings (SSSR count). The van der Waals surface area contributed by atoms with E-state index in [2.05, 4.69) is 49.9 Å². The fourth-order valence-corrected chi connectivity index (χ4v) is 3.38. The highest BCUT2D eigenvalue weighted by Gasteiger charge is 2.34. The lowest BCUT2D eigenvalue weighted by molar-refractivity contribution is 0.148. The number of benzene rings is 1. The lowest BCUT2D eigenvalue weighted by Gasteiger charge is -2.42. The third-order valence-electron chi connectivity index (χ3n) is 4.80. The minimum atomic E-state index is 0.208. The number of likely N-dealkylation sites (tertiary alicyclic amines) is 1. The molecule has 112 valence electrons. The van der Waals surface area contributed by atoms with Crippen molar-refractivity contribution in [1.29, 1.82) is 0 Å². The first-order chi connectivity index (χ1) is 9.59. The second-order valence-electron chi connectivity index (χ2n) is 6.73. The normalized spacial score (nSPS) is 19.4. The Morgan fingerprint density at radius 2 is 1.75 bits per heavy atom. The third-order valence-corrected chi connectivity index (χ3v) is 4.80. The first-order valence-electron chi connectivity index (χ1n) is 8.11. The Balaban J connectivity index is 2.07. The van der Waals surface area contributed by atoms with Crippen molar-refractivity contribution in [2.24, 2.45) is 11.7 Å². The molecular weight excluding hydrogens is 244 g/mol. The summed E-state index contributed by atoms with van der Waals surface area (Å²) in [5.74, 6) is 0.754. The zero-order valence-electron chi connectivity index (χ0n) is 13.4. The van der Waals surface area contributed by atoms with Crippen LogP contribution in [0.4, 0.5) is 0 Å². The molecular formula is C18H30N2. The molecule has 1 fully saturated rings. The van der Waals surface area contributed by atoms with E-state index in [9.17, 15) is 0 Å². The van der Waals surface area contributed by atoms with E-state index in [0.29, 0.717) is 0 Å². The van der Waals surface area contributed by atoms with Crippen molar-refractivity contribution in [3.05, 3.63) is 35.4 Å². The molecule has 0 radical (unpaired) electrons. The number of rotatable bonds is 5. The van der Waals surface area contributed by atoms with Gasteiger partial charge in [-0.3, -0.25) is 0 Å². The average molecular weight is 274 g/mol. The maximum Gasteiger partial charge on any atom is 0.00998 e. The van der Waals surface area contributed by atoms with Crippen LogP contribution in [0.3, 0.4) is 0 Å². The van der Waals surface area contributed by atoms with Crippen molar-refractivity contribution < 1.29 is 0 Å². The Morgan fingerprint density at radius 1 is 1.15 bits per heavy atom. The fraction of sp³-hybridized carbons (Fsp3) is 0.667. The van der Waals surface area contributed by atoms with Gasteiger partial charge in [0.25, 0.3) is 0 Å². The van der Waals surface area contributed by atoms with Crippen LogP contribution in [0, 0.1) is 5.92 Å². The van der Waals surface area contributed by atoms with Gasteiger partial charge in [0.2, 0.25) is 0 Å². The highest BCUT2D eigenvalue weighted by atomic mass is 15.1. The van der Waals surface area contributed by atoms with Gasteiger partial charge in [0.05, 0.1) is 0 Å². The standard InChI is InChI=1S/C18H30N2/c1-4-16-5-7-17(8-6-16)18(14-19)9-11-20(12-10-18)13-15(2)3/h5-8,15H,4,9-14,19H2,1-3H3. The van der Waals surface area contributed by atoms with Crippen molar-refractivity contribution in [1.82, 2.24) is 4.90 Å². The number of piperidine rings is 1. The second kappa shape index (κ2) is 6.73. The number of nitrogens with zero attached hydrogens (tertiary/aromatic N) is 1. The molecule has 0 aliphatic carbocycles. The molecule has 0 aromatic heterocycles. The van der Waals surface area contributed by atoms with Crippen LogP contribution in [0.25, 0.3) is 0 Å². The van der Waals surface area contributed by atoms with Crippen LogP contribution in [-0.4, -0.2) is 31.1 Å². The summed E-state index contributed by atoms with van der Waals surface area (Å²) in [7, 11) is 0. The Bertz CT molecular complexity index is 400. The fourth-order valence-electron chi connectivity index (χ4n) is 3.38. The molecule has 0 bridgehead atoms. The first-order valence-corrected chi connectivity index (χ1v) is 8.11. The van der Waals surface area contributed by atoms with Crippen LogP contribution in [-0.2, 0) is 11.8 Å². The summed E-state index contributed by atoms with van der Waals surface area (Å²) < 4.78 is 0. The van der Waals surface area contributed by atoms with E-state index in [1.165, 1.54) is 43.6 Å². The summed E-state index contributed by atoms with van der Waals surface area (Å²) >= 11 is 0. The van der Waals surface area contributed by atoms with Crippen molar-refractivity contribution in [3.63, 3.8) is 0 Å². The molecule has 0 amide bonds. The lowest BCUT2D eigenvalue weighted by atomic mass is 9.72. The molecule has 1 aromatic rings. The highest BCUT2D eigenvalue weighted by Crippen LogP contribution is 2.35. The monoisotopic (exact) mass is 274 g/mol. The summed E-state index contributed by atoms with van der Waals surface area (Å²) in [6.45, 7) is 11.2. The number of nitrogens with two attached hydrogens (primary N) is 1. The van der Waals surface area contributed by atoms with Gasteiger partial charge in [0, 0.05) is 18.5 Å². The second-order valence-corrected chi connectivity index (χ2v) is 6.73. The van der Waals surface area contributed by atoms with E-state index < -0.39 is 0 Å². The molecule has 2 N–H and O–H groups in total. The van der Waals surface area contributed by atoms with Gasteiger partial charge in [-0.1, -0.05) is 45.0 Å². The molecule has 0 saturated carbocycles. The van der Waals surface area contributed by atoms with Gasteiger partial charge in [0.15, 0.2) is 0 Å². The number of hydrogen-bond acceptors (Lipinski definition) is 2. The van der Waals surface area contributed by atoms with E-state index in [1.807, 2.05) is 0 Å². The van der Waals surface area contributed by atoms with E-state index >= 15 is 0 Å². The Hall–Kier alpha value is -0.860. The van der Waals surface area contributed by atoms with E-state index in [1.54, 1.807) is 0 Å². The SMILES string of the molecule is CCc1ccc(C2(CN)CCN(CC(C)C)CC2)cc1. The molecule has 0 spiro atoms. The smallest absolute Gasteiger partial charge is 0.00998 e. The van der Waals surface area contributed by atoms with E-state index in [0.717, 1.165) is 18.9 Å². The van der Waals surface area contributed by atoms with E-state index in [-0.39, 0.29) is 5.41 Å². The molecule has 1 aliphatic rings. The minimum absolute atomic E-state index is 0.208. The molecule has 1 aromatic carbocycles. The van der Waals surface area contributed by atoms with Gasteiger partial charge in [-0.15, -0.1) is 0 Å². The topological polar surface area (TPSA) is 29.3 Å². The van der Waals surface area contributed by atoms with Crippen molar-refractivity contribution in [2.45, 2.75) is 45.4 Å². The van der Waals surface area contributed by atoms with Crippen molar-refractivity contribution >= 4 is 0 Å². The van der Waals surface area contributed by atoms with Crippen molar-refractivity contribution in [3.8, 4) is 0 Å². The highest BCUT2D eigenvalue weighted by molar-refractivity contribution is 5.30. The van der Waals surface area contributed by atoms with Gasteiger partial charge in [-0.05, 0) is 49.4 Å². The van der Waals surface area contributed by atoms with Gasteiger partial charge >= 0.3 is 0 Å².